The zero-order valence-corrected chi connectivity index (χ0v) is 12.6. The molecule has 1 aromatic carbocycles. The smallest absolute Gasteiger partial charge is 0.282 e. The van der Waals surface area contributed by atoms with Gasteiger partial charge in [0, 0.05) is 24.5 Å². The highest BCUT2D eigenvalue weighted by molar-refractivity contribution is 9.09. The van der Waals surface area contributed by atoms with Crippen molar-refractivity contribution in [2.24, 2.45) is 0 Å². The van der Waals surface area contributed by atoms with E-state index >= 15 is 0 Å². The monoisotopic (exact) mass is 328 g/mol. The van der Waals surface area contributed by atoms with Crippen molar-refractivity contribution in [1.82, 2.24) is 4.90 Å². The van der Waals surface area contributed by atoms with Crippen LogP contribution in [0.15, 0.2) is 18.2 Å². The Morgan fingerprint density at radius 2 is 2.11 bits per heavy atom. The highest BCUT2D eigenvalue weighted by Crippen LogP contribution is 2.21. The maximum absolute atomic E-state index is 12.4. The van der Waals surface area contributed by atoms with Crippen LogP contribution in [0.25, 0.3) is 0 Å². The summed E-state index contributed by atoms with van der Waals surface area (Å²) in [7, 11) is 0. The van der Waals surface area contributed by atoms with Crippen LogP contribution in [-0.2, 0) is 0 Å². The van der Waals surface area contributed by atoms with Gasteiger partial charge in [-0.15, -0.1) is 0 Å². The Hall–Kier alpha value is -1.43. The Kier molecular flexibility index (Phi) is 5.95. The third-order valence-electron chi connectivity index (χ3n) is 2.71. The van der Waals surface area contributed by atoms with Crippen LogP contribution in [0, 0.1) is 17.0 Å². The molecule has 1 amide bonds. The van der Waals surface area contributed by atoms with Crippen LogP contribution in [0.2, 0.25) is 0 Å². The lowest BCUT2D eigenvalue weighted by atomic mass is 10.1. The molecule has 0 radical (unpaired) electrons. The molecule has 0 aromatic heterocycles. The molecule has 0 fully saturated rings. The lowest BCUT2D eigenvalue weighted by Gasteiger charge is -2.21. The van der Waals surface area contributed by atoms with E-state index in [9.17, 15) is 14.9 Å². The third-order valence-corrected chi connectivity index (χ3v) is 3.07. The van der Waals surface area contributed by atoms with Crippen LogP contribution in [0.5, 0.6) is 0 Å². The topological polar surface area (TPSA) is 63.5 Å². The van der Waals surface area contributed by atoms with E-state index in [2.05, 4.69) is 15.9 Å². The first-order valence-corrected chi connectivity index (χ1v) is 7.23. The third kappa shape index (κ3) is 4.02. The number of carbonyl (C=O) groups is 1. The summed E-state index contributed by atoms with van der Waals surface area (Å²) >= 11 is 3.30. The van der Waals surface area contributed by atoms with Crippen molar-refractivity contribution in [3.05, 3.63) is 39.4 Å². The van der Waals surface area contributed by atoms with Gasteiger partial charge in [0.2, 0.25) is 0 Å². The summed E-state index contributed by atoms with van der Waals surface area (Å²) in [5, 5.41) is 11.7. The first kappa shape index (κ1) is 15.6. The number of nitro benzene ring substituents is 1. The molecule has 0 aliphatic carbocycles. The standard InChI is InChI=1S/C13H17BrN2O3/c1-3-7-15(8-6-14)13(17)11-9-10(2)4-5-12(11)16(18)19/h4-5,9H,3,6-8H2,1-2H3. The minimum Gasteiger partial charge on any atom is -0.338 e. The van der Waals surface area contributed by atoms with Crippen LogP contribution >= 0.6 is 15.9 Å². The van der Waals surface area contributed by atoms with Crippen LogP contribution in [-0.4, -0.2) is 34.2 Å². The van der Waals surface area contributed by atoms with Crippen molar-refractivity contribution in [3.63, 3.8) is 0 Å². The maximum atomic E-state index is 12.4. The van der Waals surface area contributed by atoms with Gasteiger partial charge in [0.05, 0.1) is 4.92 Å². The van der Waals surface area contributed by atoms with Gasteiger partial charge in [-0.2, -0.15) is 0 Å². The summed E-state index contributed by atoms with van der Waals surface area (Å²) in [4.78, 5) is 24.5. The summed E-state index contributed by atoms with van der Waals surface area (Å²) in [6.07, 6.45) is 0.818. The molecule has 19 heavy (non-hydrogen) atoms. The van der Waals surface area contributed by atoms with E-state index in [1.165, 1.54) is 6.07 Å². The minimum atomic E-state index is -0.509. The van der Waals surface area contributed by atoms with Crippen LogP contribution < -0.4 is 0 Å². The molecule has 0 unspecified atom stereocenters. The molecule has 0 aliphatic heterocycles. The van der Waals surface area contributed by atoms with E-state index in [0.717, 1.165) is 12.0 Å². The quantitative estimate of drug-likeness (QED) is 0.457. The fourth-order valence-electron chi connectivity index (χ4n) is 1.84. The second-order valence-corrected chi connectivity index (χ2v) is 5.05. The van der Waals surface area contributed by atoms with E-state index in [-0.39, 0.29) is 17.2 Å². The van der Waals surface area contributed by atoms with E-state index in [1.54, 1.807) is 17.0 Å². The van der Waals surface area contributed by atoms with Gasteiger partial charge in [-0.3, -0.25) is 14.9 Å². The highest BCUT2D eigenvalue weighted by Gasteiger charge is 2.24. The lowest BCUT2D eigenvalue weighted by molar-refractivity contribution is -0.385. The predicted octanol–water partition coefficient (Wildman–Crippen LogP) is 3.15. The largest absolute Gasteiger partial charge is 0.338 e. The molecule has 0 spiro atoms. The molecule has 1 aromatic rings. The number of halogens is 1. The fourth-order valence-corrected chi connectivity index (χ4v) is 2.27. The lowest BCUT2D eigenvalue weighted by Crippen LogP contribution is -2.33. The van der Waals surface area contributed by atoms with Gasteiger partial charge >= 0.3 is 0 Å². The minimum absolute atomic E-state index is 0.133. The summed E-state index contributed by atoms with van der Waals surface area (Å²) in [5.74, 6) is -0.281. The SMILES string of the molecule is CCCN(CCBr)C(=O)c1cc(C)ccc1[N+](=O)[O-]. The van der Waals surface area contributed by atoms with Crippen molar-refractivity contribution < 1.29 is 9.72 Å². The van der Waals surface area contributed by atoms with Gasteiger partial charge in [0.25, 0.3) is 11.6 Å². The molecule has 0 saturated carbocycles. The summed E-state index contributed by atoms with van der Waals surface area (Å²) in [6, 6.07) is 4.61. The number of nitrogens with zero attached hydrogens (tertiary/aromatic N) is 2. The number of carbonyl (C=O) groups excluding carboxylic acids is 1. The van der Waals surface area contributed by atoms with Crippen molar-refractivity contribution in [1.29, 1.82) is 0 Å². The first-order valence-electron chi connectivity index (χ1n) is 6.11. The Labute approximate surface area is 120 Å². The Morgan fingerprint density at radius 3 is 2.63 bits per heavy atom. The van der Waals surface area contributed by atoms with Gasteiger partial charge in [-0.25, -0.2) is 0 Å². The number of nitro groups is 1. The predicted molar refractivity (Wildman–Crippen MR) is 77.8 cm³/mol. The van der Waals surface area contributed by atoms with Crippen molar-refractivity contribution in [3.8, 4) is 0 Å². The number of aryl methyl sites for hydroxylation is 1. The second-order valence-electron chi connectivity index (χ2n) is 4.26. The number of benzene rings is 1. The number of hydrogen-bond acceptors (Lipinski definition) is 3. The molecule has 104 valence electrons. The van der Waals surface area contributed by atoms with Gasteiger partial charge in [-0.1, -0.05) is 28.9 Å². The zero-order valence-electron chi connectivity index (χ0n) is 11.1. The molecular formula is C13H17BrN2O3. The molecule has 0 atom stereocenters. The maximum Gasteiger partial charge on any atom is 0.282 e. The van der Waals surface area contributed by atoms with Gasteiger partial charge in [0.1, 0.15) is 5.56 Å². The number of amides is 1. The highest BCUT2D eigenvalue weighted by atomic mass is 79.9. The molecule has 0 bridgehead atoms. The number of hydrogen-bond donors (Lipinski definition) is 0. The van der Waals surface area contributed by atoms with E-state index in [4.69, 9.17) is 0 Å². The molecule has 6 heteroatoms. The average molecular weight is 329 g/mol. The van der Waals surface area contributed by atoms with E-state index < -0.39 is 4.92 Å². The molecule has 5 nitrogen and oxygen atoms in total. The molecular weight excluding hydrogens is 312 g/mol. The Morgan fingerprint density at radius 1 is 1.42 bits per heavy atom. The van der Waals surface area contributed by atoms with Crippen LogP contribution in [0.4, 0.5) is 5.69 Å². The van der Waals surface area contributed by atoms with Crippen LogP contribution in [0.1, 0.15) is 29.3 Å². The van der Waals surface area contributed by atoms with E-state index in [0.29, 0.717) is 18.4 Å². The molecule has 0 aliphatic rings. The second kappa shape index (κ2) is 7.23. The zero-order chi connectivity index (χ0) is 14.4. The summed E-state index contributed by atoms with van der Waals surface area (Å²) in [5.41, 5.74) is 0.870. The van der Waals surface area contributed by atoms with Gasteiger partial charge in [-0.05, 0) is 25.0 Å². The molecule has 1 rings (SSSR count). The van der Waals surface area contributed by atoms with Gasteiger partial charge in [0.15, 0.2) is 0 Å². The van der Waals surface area contributed by atoms with Crippen molar-refractivity contribution in [2.75, 3.05) is 18.4 Å². The van der Waals surface area contributed by atoms with Gasteiger partial charge < -0.3 is 4.90 Å². The first-order chi connectivity index (χ1) is 9.01. The average Bonchev–Trinajstić information content (AvgIpc) is 2.37. The normalized spacial score (nSPS) is 10.3. The van der Waals surface area contributed by atoms with Crippen molar-refractivity contribution >= 4 is 27.5 Å². The number of rotatable bonds is 6. The number of alkyl halides is 1. The molecule has 0 saturated heterocycles. The fraction of sp³-hybridized carbons (Fsp3) is 0.462. The van der Waals surface area contributed by atoms with E-state index in [1.807, 2.05) is 13.8 Å². The summed E-state index contributed by atoms with van der Waals surface area (Å²) < 4.78 is 0. The molecule has 0 N–H and O–H groups in total. The van der Waals surface area contributed by atoms with Crippen LogP contribution in [0.3, 0.4) is 0 Å². The van der Waals surface area contributed by atoms with Crippen molar-refractivity contribution in [2.45, 2.75) is 20.3 Å². The Bertz CT molecular complexity index is 471. The Balaban J connectivity index is 3.15. The molecule has 0 heterocycles. The summed E-state index contributed by atoms with van der Waals surface area (Å²) in [6.45, 7) is 4.92.